The molecule has 0 saturated carbocycles. The summed E-state index contributed by atoms with van der Waals surface area (Å²) in [6.45, 7) is 5.72. The van der Waals surface area contributed by atoms with Crippen molar-refractivity contribution in [2.45, 2.75) is 38.8 Å². The molecular formula is C15H24ClNO2. The molecule has 19 heavy (non-hydrogen) atoms. The van der Waals surface area contributed by atoms with Crippen molar-refractivity contribution in [2.75, 3.05) is 20.8 Å². The van der Waals surface area contributed by atoms with Crippen molar-refractivity contribution >= 4 is 12.4 Å². The van der Waals surface area contributed by atoms with Crippen molar-refractivity contribution in [2.24, 2.45) is 0 Å². The molecule has 4 heteroatoms. The zero-order valence-electron chi connectivity index (χ0n) is 12.2. The van der Waals surface area contributed by atoms with Gasteiger partial charge in [-0.25, -0.2) is 0 Å². The van der Waals surface area contributed by atoms with Gasteiger partial charge >= 0.3 is 0 Å². The van der Waals surface area contributed by atoms with Crippen LogP contribution in [0, 0.1) is 0 Å². The zero-order chi connectivity index (χ0) is 13.1. The monoisotopic (exact) mass is 285 g/mol. The van der Waals surface area contributed by atoms with Gasteiger partial charge in [0.1, 0.15) is 0 Å². The third kappa shape index (κ3) is 3.34. The molecule has 1 aromatic carbocycles. The molecule has 108 valence electrons. The highest BCUT2D eigenvalue weighted by molar-refractivity contribution is 5.85. The standard InChI is InChI=1S/C15H23NO2.ClH/c1-11(2)16-9-5-6-13(16)12-7-8-14(17-3)15(10-12)18-4;/h7-8,10-11,13H,5-6,9H2,1-4H3;1H. The first kappa shape index (κ1) is 16.1. The Bertz CT molecular complexity index is 409. The average Bonchev–Trinajstić information content (AvgIpc) is 2.87. The second kappa shape index (κ2) is 7.01. The number of likely N-dealkylation sites (tertiary alicyclic amines) is 1. The first-order valence-electron chi connectivity index (χ1n) is 6.65. The zero-order valence-corrected chi connectivity index (χ0v) is 13.0. The third-order valence-corrected chi connectivity index (χ3v) is 3.75. The van der Waals surface area contributed by atoms with Crippen LogP contribution in [0.1, 0.15) is 38.3 Å². The van der Waals surface area contributed by atoms with Crippen molar-refractivity contribution in [3.8, 4) is 11.5 Å². The maximum Gasteiger partial charge on any atom is 0.161 e. The van der Waals surface area contributed by atoms with E-state index in [1.54, 1.807) is 14.2 Å². The highest BCUT2D eigenvalue weighted by Crippen LogP contribution is 2.37. The summed E-state index contributed by atoms with van der Waals surface area (Å²) in [7, 11) is 3.37. The minimum absolute atomic E-state index is 0. The number of hydrogen-bond donors (Lipinski definition) is 0. The molecule has 0 amide bonds. The van der Waals surface area contributed by atoms with E-state index in [4.69, 9.17) is 9.47 Å². The van der Waals surface area contributed by atoms with Crippen LogP contribution < -0.4 is 9.47 Å². The van der Waals surface area contributed by atoms with Gasteiger partial charge in [0, 0.05) is 12.1 Å². The number of hydrogen-bond acceptors (Lipinski definition) is 3. The van der Waals surface area contributed by atoms with E-state index >= 15 is 0 Å². The van der Waals surface area contributed by atoms with E-state index in [2.05, 4.69) is 30.9 Å². The molecule has 1 aliphatic rings. The molecule has 3 nitrogen and oxygen atoms in total. The number of methoxy groups -OCH3 is 2. The SMILES string of the molecule is COc1ccc(C2CCCN2C(C)C)cc1OC.Cl. The molecule has 2 rings (SSSR count). The largest absolute Gasteiger partial charge is 0.493 e. The van der Waals surface area contributed by atoms with E-state index < -0.39 is 0 Å². The molecule has 1 fully saturated rings. The number of ether oxygens (including phenoxy) is 2. The average molecular weight is 286 g/mol. The fraction of sp³-hybridized carbons (Fsp3) is 0.600. The lowest BCUT2D eigenvalue weighted by Crippen LogP contribution is -2.30. The molecule has 1 atom stereocenters. The van der Waals surface area contributed by atoms with Crippen LogP contribution in [0.15, 0.2) is 18.2 Å². The summed E-state index contributed by atoms with van der Waals surface area (Å²) in [6, 6.07) is 7.39. The summed E-state index contributed by atoms with van der Waals surface area (Å²) < 4.78 is 10.7. The molecule has 0 aliphatic carbocycles. The lowest BCUT2D eigenvalue weighted by molar-refractivity contribution is 0.205. The first-order valence-corrected chi connectivity index (χ1v) is 6.65. The van der Waals surface area contributed by atoms with Gasteiger partial charge in [0.2, 0.25) is 0 Å². The summed E-state index contributed by atoms with van der Waals surface area (Å²) >= 11 is 0. The van der Waals surface area contributed by atoms with Gasteiger partial charge in [-0.05, 0) is 50.9 Å². The van der Waals surface area contributed by atoms with Crippen LogP contribution in [-0.4, -0.2) is 31.7 Å². The fourth-order valence-corrected chi connectivity index (χ4v) is 2.83. The van der Waals surface area contributed by atoms with Crippen molar-refractivity contribution < 1.29 is 9.47 Å². The Kier molecular flexibility index (Phi) is 5.95. The van der Waals surface area contributed by atoms with Gasteiger partial charge in [0.15, 0.2) is 11.5 Å². The van der Waals surface area contributed by atoms with E-state index in [-0.39, 0.29) is 12.4 Å². The molecule has 0 spiro atoms. The Morgan fingerprint density at radius 1 is 1.16 bits per heavy atom. The minimum Gasteiger partial charge on any atom is -0.493 e. The second-order valence-electron chi connectivity index (χ2n) is 5.10. The Balaban J connectivity index is 0.00000180. The minimum atomic E-state index is 0. The Labute approximate surface area is 122 Å². The lowest BCUT2D eigenvalue weighted by Gasteiger charge is -2.29. The first-order chi connectivity index (χ1) is 8.67. The van der Waals surface area contributed by atoms with Crippen molar-refractivity contribution in [1.29, 1.82) is 0 Å². The van der Waals surface area contributed by atoms with Gasteiger partial charge in [0.05, 0.1) is 14.2 Å². The van der Waals surface area contributed by atoms with Crippen LogP contribution in [0.25, 0.3) is 0 Å². The number of nitrogens with zero attached hydrogens (tertiary/aromatic N) is 1. The fourth-order valence-electron chi connectivity index (χ4n) is 2.83. The summed E-state index contributed by atoms with van der Waals surface area (Å²) in [4.78, 5) is 2.56. The normalized spacial score (nSPS) is 19.3. The highest BCUT2D eigenvalue weighted by Gasteiger charge is 2.28. The molecule has 1 aliphatic heterocycles. The maximum absolute atomic E-state index is 5.39. The molecule has 0 aromatic heterocycles. The van der Waals surface area contributed by atoms with Crippen LogP contribution in [0.3, 0.4) is 0 Å². The third-order valence-electron chi connectivity index (χ3n) is 3.75. The number of halogens is 1. The van der Waals surface area contributed by atoms with Crippen LogP contribution in [-0.2, 0) is 0 Å². The summed E-state index contributed by atoms with van der Waals surface area (Å²) in [5, 5.41) is 0. The molecule has 1 heterocycles. The van der Waals surface area contributed by atoms with Gasteiger partial charge in [-0.3, -0.25) is 4.90 Å². The summed E-state index contributed by atoms with van der Waals surface area (Å²) in [5.74, 6) is 1.63. The van der Waals surface area contributed by atoms with E-state index in [1.807, 2.05) is 6.07 Å². The Morgan fingerprint density at radius 2 is 1.84 bits per heavy atom. The van der Waals surface area contributed by atoms with Gasteiger partial charge in [-0.1, -0.05) is 6.07 Å². The van der Waals surface area contributed by atoms with E-state index in [0.717, 1.165) is 11.5 Å². The van der Waals surface area contributed by atoms with Gasteiger partial charge in [-0.2, -0.15) is 0 Å². The van der Waals surface area contributed by atoms with Crippen LogP contribution in [0.2, 0.25) is 0 Å². The molecule has 1 aromatic rings. The van der Waals surface area contributed by atoms with Crippen molar-refractivity contribution in [3.63, 3.8) is 0 Å². The van der Waals surface area contributed by atoms with E-state index in [0.29, 0.717) is 12.1 Å². The van der Waals surface area contributed by atoms with E-state index in [9.17, 15) is 0 Å². The van der Waals surface area contributed by atoms with Crippen molar-refractivity contribution in [3.05, 3.63) is 23.8 Å². The summed E-state index contributed by atoms with van der Waals surface area (Å²) in [5.41, 5.74) is 1.33. The maximum atomic E-state index is 5.39. The molecular weight excluding hydrogens is 262 g/mol. The number of rotatable bonds is 4. The number of benzene rings is 1. The highest BCUT2D eigenvalue weighted by atomic mass is 35.5. The Hall–Kier alpha value is -0.930. The lowest BCUT2D eigenvalue weighted by atomic mass is 10.0. The predicted molar refractivity (Wildman–Crippen MR) is 80.6 cm³/mol. The van der Waals surface area contributed by atoms with Crippen molar-refractivity contribution in [1.82, 2.24) is 4.90 Å². The van der Waals surface area contributed by atoms with Gasteiger partial charge < -0.3 is 9.47 Å². The predicted octanol–water partition coefficient (Wildman–Crippen LogP) is 3.67. The van der Waals surface area contributed by atoms with Gasteiger partial charge in [0.25, 0.3) is 0 Å². The molecule has 0 radical (unpaired) electrons. The van der Waals surface area contributed by atoms with Gasteiger partial charge in [-0.15, -0.1) is 12.4 Å². The van der Waals surface area contributed by atoms with E-state index in [1.165, 1.54) is 24.9 Å². The van der Waals surface area contributed by atoms with Crippen LogP contribution >= 0.6 is 12.4 Å². The molecule has 0 N–H and O–H groups in total. The second-order valence-corrected chi connectivity index (χ2v) is 5.10. The van der Waals surface area contributed by atoms with Crippen LogP contribution in [0.4, 0.5) is 0 Å². The smallest absolute Gasteiger partial charge is 0.161 e. The topological polar surface area (TPSA) is 21.7 Å². The molecule has 1 unspecified atom stereocenters. The Morgan fingerprint density at radius 3 is 2.42 bits per heavy atom. The van der Waals surface area contributed by atoms with Crippen LogP contribution in [0.5, 0.6) is 11.5 Å². The molecule has 0 bridgehead atoms. The molecule has 1 saturated heterocycles. The quantitative estimate of drug-likeness (QED) is 0.842. The summed E-state index contributed by atoms with van der Waals surface area (Å²) in [6.07, 6.45) is 2.50.